The second kappa shape index (κ2) is 13.4. The third-order valence-corrected chi connectivity index (χ3v) is 8.76. The number of hydrogen-bond donors (Lipinski definition) is 0. The zero-order chi connectivity index (χ0) is 27.9. The smallest absolute Gasteiger partial charge is 0.270 e. The molecule has 0 atom stereocenters. The first-order chi connectivity index (χ1) is 18.9. The average Bonchev–Trinajstić information content (AvgIpc) is 3.21. The molecule has 1 aromatic carbocycles. The van der Waals surface area contributed by atoms with Crippen LogP contribution in [0.2, 0.25) is 0 Å². The summed E-state index contributed by atoms with van der Waals surface area (Å²) < 4.78 is 2.33. The van der Waals surface area contributed by atoms with Gasteiger partial charge in [0.15, 0.2) is 0 Å². The van der Waals surface area contributed by atoms with Crippen LogP contribution in [0.25, 0.3) is 6.08 Å². The van der Waals surface area contributed by atoms with Crippen LogP contribution in [0, 0.1) is 18.3 Å². The van der Waals surface area contributed by atoms with E-state index in [1.165, 1.54) is 17.3 Å². The van der Waals surface area contributed by atoms with E-state index in [1.54, 1.807) is 9.47 Å². The first-order valence-electron chi connectivity index (χ1n) is 13.8. The standard InChI is InChI=1S/C30H37N5O2S2/c1-4-6-13-34-27(33-17-15-32(16-18-33)21-23-11-9-8-10-12-23)24(22(3)25(20-31)28(34)36)19-26-29(37)35(14-7-5-2)30(38)39-26/h8-12,19H,4-7,13-18,21H2,1-3H3/b26-19+. The molecule has 206 valence electrons. The summed E-state index contributed by atoms with van der Waals surface area (Å²) in [5.74, 6) is 0.712. The number of anilines is 1. The first-order valence-corrected chi connectivity index (χ1v) is 15.1. The van der Waals surface area contributed by atoms with Gasteiger partial charge >= 0.3 is 0 Å². The van der Waals surface area contributed by atoms with Crippen molar-refractivity contribution < 1.29 is 4.79 Å². The summed E-state index contributed by atoms with van der Waals surface area (Å²) in [6, 6.07) is 12.6. The van der Waals surface area contributed by atoms with E-state index < -0.39 is 0 Å². The van der Waals surface area contributed by atoms with Crippen LogP contribution in [0.1, 0.15) is 61.8 Å². The molecule has 2 aliphatic rings. The van der Waals surface area contributed by atoms with Crippen molar-refractivity contribution >= 4 is 46.1 Å². The normalized spacial score (nSPS) is 17.3. The molecule has 0 radical (unpaired) electrons. The maximum atomic E-state index is 13.6. The van der Waals surface area contributed by atoms with Crippen molar-refractivity contribution in [1.29, 1.82) is 5.26 Å². The molecule has 2 aliphatic heterocycles. The number of nitrogens with zero attached hydrogens (tertiary/aromatic N) is 5. The highest BCUT2D eigenvalue weighted by Gasteiger charge is 2.33. The molecule has 3 heterocycles. The number of thiocarbonyl (C=S) groups is 1. The Labute approximate surface area is 241 Å². The van der Waals surface area contributed by atoms with E-state index in [1.807, 2.05) is 19.1 Å². The molecule has 0 spiro atoms. The maximum Gasteiger partial charge on any atom is 0.270 e. The van der Waals surface area contributed by atoms with Crippen LogP contribution in [-0.4, -0.2) is 57.3 Å². The fourth-order valence-corrected chi connectivity index (χ4v) is 6.40. The van der Waals surface area contributed by atoms with E-state index in [4.69, 9.17) is 12.2 Å². The summed E-state index contributed by atoms with van der Waals surface area (Å²) in [4.78, 5) is 33.8. The van der Waals surface area contributed by atoms with Gasteiger partial charge in [0.25, 0.3) is 11.5 Å². The zero-order valence-corrected chi connectivity index (χ0v) is 24.7. The predicted octanol–water partition coefficient (Wildman–Crippen LogP) is 5.15. The molecule has 0 saturated carbocycles. The number of hydrogen-bond acceptors (Lipinski definition) is 7. The molecule has 9 heteroatoms. The summed E-state index contributed by atoms with van der Waals surface area (Å²) in [5.41, 5.74) is 2.57. The van der Waals surface area contributed by atoms with Crippen LogP contribution >= 0.6 is 24.0 Å². The SMILES string of the molecule is CCCCN1C(=O)/C(=C\c2c(C)c(C#N)c(=O)n(CCCC)c2N2CCN(Cc3ccccc3)CC2)SC1=S. The molecule has 7 nitrogen and oxygen atoms in total. The Morgan fingerprint density at radius 2 is 1.69 bits per heavy atom. The fraction of sp³-hybridized carbons (Fsp3) is 0.467. The van der Waals surface area contributed by atoms with Gasteiger partial charge in [-0.25, -0.2) is 0 Å². The summed E-state index contributed by atoms with van der Waals surface area (Å²) in [6.45, 7) is 11.2. The molecule has 1 aromatic heterocycles. The summed E-state index contributed by atoms with van der Waals surface area (Å²) in [5, 5.41) is 9.94. The molecule has 0 unspecified atom stereocenters. The van der Waals surface area contributed by atoms with E-state index in [2.05, 4.69) is 54.0 Å². The second-order valence-corrected chi connectivity index (χ2v) is 11.8. The first kappa shape index (κ1) is 29.1. The minimum atomic E-state index is -0.252. The van der Waals surface area contributed by atoms with Gasteiger partial charge in [-0.3, -0.25) is 24.0 Å². The fourth-order valence-electron chi connectivity index (χ4n) is 5.11. The zero-order valence-electron chi connectivity index (χ0n) is 23.1. The number of unbranched alkanes of at least 4 members (excludes halogenated alkanes) is 2. The lowest BCUT2D eigenvalue weighted by Crippen LogP contribution is -2.48. The predicted molar refractivity (Wildman–Crippen MR) is 164 cm³/mol. The van der Waals surface area contributed by atoms with Crippen molar-refractivity contribution in [2.45, 2.75) is 59.5 Å². The number of piperazine rings is 1. The van der Waals surface area contributed by atoms with Crippen molar-refractivity contribution in [2.24, 2.45) is 0 Å². The van der Waals surface area contributed by atoms with Crippen LogP contribution in [0.15, 0.2) is 40.0 Å². The lowest BCUT2D eigenvalue weighted by molar-refractivity contribution is -0.122. The van der Waals surface area contributed by atoms with E-state index in [9.17, 15) is 14.9 Å². The largest absolute Gasteiger partial charge is 0.355 e. The molecule has 0 aliphatic carbocycles. The molecule has 4 rings (SSSR count). The highest BCUT2D eigenvalue weighted by molar-refractivity contribution is 8.26. The van der Waals surface area contributed by atoms with Crippen LogP contribution < -0.4 is 10.5 Å². The Morgan fingerprint density at radius 3 is 2.33 bits per heavy atom. The van der Waals surface area contributed by atoms with E-state index in [0.29, 0.717) is 27.9 Å². The summed E-state index contributed by atoms with van der Waals surface area (Å²) in [6.07, 6.45) is 5.49. The lowest BCUT2D eigenvalue weighted by Gasteiger charge is -2.38. The topological polar surface area (TPSA) is 72.6 Å². The van der Waals surface area contributed by atoms with Crippen LogP contribution in [0.4, 0.5) is 5.82 Å². The monoisotopic (exact) mass is 563 g/mol. The number of amides is 1. The van der Waals surface area contributed by atoms with Crippen LogP contribution in [0.3, 0.4) is 0 Å². The number of carbonyl (C=O) groups is 1. The highest BCUT2D eigenvalue weighted by atomic mass is 32.2. The van der Waals surface area contributed by atoms with Crippen LogP contribution in [0.5, 0.6) is 0 Å². The summed E-state index contributed by atoms with van der Waals surface area (Å²) in [7, 11) is 0. The number of aromatic nitrogens is 1. The average molecular weight is 564 g/mol. The van der Waals surface area contributed by atoms with Gasteiger partial charge in [-0.05, 0) is 37.0 Å². The molecular formula is C30H37N5O2S2. The molecule has 1 amide bonds. The van der Waals surface area contributed by atoms with Crippen molar-refractivity contribution in [2.75, 3.05) is 37.6 Å². The van der Waals surface area contributed by atoms with Crippen molar-refractivity contribution in [3.8, 4) is 6.07 Å². The van der Waals surface area contributed by atoms with E-state index >= 15 is 0 Å². The lowest BCUT2D eigenvalue weighted by atomic mass is 10.0. The Kier molecular flexibility index (Phi) is 10.0. The van der Waals surface area contributed by atoms with Gasteiger partial charge in [0.1, 0.15) is 21.8 Å². The minimum Gasteiger partial charge on any atom is -0.355 e. The van der Waals surface area contributed by atoms with Crippen molar-refractivity contribution in [1.82, 2.24) is 14.4 Å². The van der Waals surface area contributed by atoms with Gasteiger partial charge in [-0.1, -0.05) is 81.0 Å². The molecule has 2 aromatic rings. The number of rotatable bonds is 10. The Balaban J connectivity index is 1.73. The second-order valence-electron chi connectivity index (χ2n) is 10.1. The Hall–Kier alpha value is -2.93. The van der Waals surface area contributed by atoms with Crippen molar-refractivity contribution in [3.05, 3.63) is 67.8 Å². The van der Waals surface area contributed by atoms with Gasteiger partial charge in [0.2, 0.25) is 0 Å². The number of carbonyl (C=O) groups excluding carboxylic acids is 1. The van der Waals surface area contributed by atoms with E-state index in [0.717, 1.165) is 69.8 Å². The van der Waals surface area contributed by atoms with Gasteiger partial charge in [0, 0.05) is 51.4 Å². The van der Waals surface area contributed by atoms with Crippen LogP contribution in [-0.2, 0) is 17.9 Å². The molecule has 0 N–H and O–H groups in total. The number of benzene rings is 1. The van der Waals surface area contributed by atoms with Gasteiger partial charge in [-0.15, -0.1) is 0 Å². The highest BCUT2D eigenvalue weighted by Crippen LogP contribution is 2.36. The van der Waals surface area contributed by atoms with Gasteiger partial charge in [-0.2, -0.15) is 5.26 Å². The molecule has 0 bridgehead atoms. The third-order valence-electron chi connectivity index (χ3n) is 7.39. The van der Waals surface area contributed by atoms with Gasteiger partial charge < -0.3 is 4.90 Å². The number of thioether (sulfide) groups is 1. The van der Waals surface area contributed by atoms with E-state index in [-0.39, 0.29) is 17.0 Å². The minimum absolute atomic E-state index is 0.0960. The Morgan fingerprint density at radius 1 is 1.03 bits per heavy atom. The molecule has 2 fully saturated rings. The summed E-state index contributed by atoms with van der Waals surface area (Å²) >= 11 is 6.84. The maximum absolute atomic E-state index is 13.6. The third kappa shape index (κ3) is 6.46. The molecule has 2 saturated heterocycles. The number of pyridine rings is 1. The quantitative estimate of drug-likeness (QED) is 0.292. The van der Waals surface area contributed by atoms with Crippen molar-refractivity contribution in [3.63, 3.8) is 0 Å². The molecule has 39 heavy (non-hydrogen) atoms. The Bertz CT molecular complexity index is 1340. The number of nitriles is 1. The van der Waals surface area contributed by atoms with Gasteiger partial charge in [0.05, 0.1) is 4.91 Å². The molecular weight excluding hydrogens is 526 g/mol.